The lowest BCUT2D eigenvalue weighted by Gasteiger charge is -2.17. The number of aromatic nitrogens is 2. The maximum atomic E-state index is 14.4. The molecule has 3 rings (SSSR count). The fourth-order valence-electron chi connectivity index (χ4n) is 2.59. The monoisotopic (exact) mass is 337 g/mol. The Kier molecular flexibility index (Phi) is 4.93. The van der Waals surface area contributed by atoms with Gasteiger partial charge in [-0.3, -0.25) is 4.90 Å². The van der Waals surface area contributed by atoms with Crippen LogP contribution in [0.2, 0.25) is 5.02 Å². The minimum atomic E-state index is -0.387. The van der Waals surface area contributed by atoms with Gasteiger partial charge in [0.25, 0.3) is 11.8 Å². The molecule has 1 aromatic carbocycles. The van der Waals surface area contributed by atoms with Gasteiger partial charge >= 0.3 is 0 Å². The molecule has 0 atom stereocenters. The zero-order valence-corrected chi connectivity index (χ0v) is 13.5. The molecule has 122 valence electrons. The summed E-state index contributed by atoms with van der Waals surface area (Å²) in [5, 5.41) is 0.342. The van der Waals surface area contributed by atoms with Gasteiger partial charge in [-0.2, -0.15) is 0 Å². The van der Waals surface area contributed by atoms with E-state index in [1.54, 1.807) is 6.07 Å². The molecule has 2 heterocycles. The molecule has 1 aliphatic rings. The molecule has 1 aromatic heterocycles. The third kappa shape index (κ3) is 3.71. The highest BCUT2D eigenvalue weighted by Crippen LogP contribution is 2.32. The molecule has 1 fully saturated rings. The summed E-state index contributed by atoms with van der Waals surface area (Å²) in [7, 11) is 1.46. The third-order valence-corrected chi connectivity index (χ3v) is 4.07. The fourth-order valence-corrected chi connectivity index (χ4v) is 2.85. The molecular formula is C16H17ClFN3O2. The van der Waals surface area contributed by atoms with Crippen LogP contribution in [-0.2, 0) is 6.54 Å². The molecular weight excluding hydrogens is 321 g/mol. The topological polar surface area (TPSA) is 47.5 Å². The van der Waals surface area contributed by atoms with E-state index in [2.05, 4.69) is 14.9 Å². The maximum absolute atomic E-state index is 14.4. The van der Waals surface area contributed by atoms with Gasteiger partial charge in [-0.05, 0) is 25.9 Å². The number of likely N-dealkylation sites (tertiary alicyclic amines) is 1. The molecule has 0 unspecified atom stereocenters. The Balaban J connectivity index is 1.81. The van der Waals surface area contributed by atoms with E-state index in [0.29, 0.717) is 17.1 Å². The Morgan fingerprint density at radius 3 is 2.52 bits per heavy atom. The summed E-state index contributed by atoms with van der Waals surface area (Å²) in [5.74, 6) is 0.265. The number of methoxy groups -OCH3 is 1. The van der Waals surface area contributed by atoms with Crippen LogP contribution in [0, 0.1) is 5.82 Å². The quantitative estimate of drug-likeness (QED) is 0.833. The van der Waals surface area contributed by atoms with Crippen LogP contribution in [0.25, 0.3) is 0 Å². The SMILES string of the molecule is COc1nccnc1Oc1cc(F)c(CN2CCCC2)c(Cl)c1. The zero-order valence-electron chi connectivity index (χ0n) is 12.8. The van der Waals surface area contributed by atoms with E-state index >= 15 is 0 Å². The summed E-state index contributed by atoms with van der Waals surface area (Å²) in [6.45, 7) is 2.47. The number of rotatable bonds is 5. The number of benzene rings is 1. The van der Waals surface area contributed by atoms with Crippen molar-refractivity contribution in [2.24, 2.45) is 0 Å². The number of hydrogen-bond acceptors (Lipinski definition) is 5. The van der Waals surface area contributed by atoms with E-state index in [1.807, 2.05) is 0 Å². The minimum Gasteiger partial charge on any atom is -0.477 e. The summed E-state index contributed by atoms with van der Waals surface area (Å²) in [6, 6.07) is 2.90. The van der Waals surface area contributed by atoms with Crippen LogP contribution < -0.4 is 9.47 Å². The van der Waals surface area contributed by atoms with Crippen molar-refractivity contribution in [3.8, 4) is 17.5 Å². The van der Waals surface area contributed by atoms with Gasteiger partial charge in [0.05, 0.1) is 12.1 Å². The molecule has 23 heavy (non-hydrogen) atoms. The van der Waals surface area contributed by atoms with Crippen molar-refractivity contribution in [3.63, 3.8) is 0 Å². The van der Waals surface area contributed by atoms with Crippen molar-refractivity contribution >= 4 is 11.6 Å². The predicted molar refractivity (Wildman–Crippen MR) is 84.6 cm³/mol. The van der Waals surface area contributed by atoms with Gasteiger partial charge in [-0.25, -0.2) is 14.4 Å². The van der Waals surface area contributed by atoms with Crippen LogP contribution in [-0.4, -0.2) is 35.1 Å². The average molecular weight is 338 g/mol. The number of ether oxygens (including phenoxy) is 2. The second kappa shape index (κ2) is 7.10. The van der Waals surface area contributed by atoms with E-state index in [4.69, 9.17) is 21.1 Å². The molecule has 2 aromatic rings. The Labute approximate surface area is 139 Å². The van der Waals surface area contributed by atoms with Gasteiger partial charge in [0.2, 0.25) is 0 Å². The molecule has 0 N–H and O–H groups in total. The van der Waals surface area contributed by atoms with Crippen molar-refractivity contribution in [1.29, 1.82) is 0 Å². The van der Waals surface area contributed by atoms with Crippen molar-refractivity contribution in [3.05, 3.63) is 40.9 Å². The highest BCUT2D eigenvalue weighted by molar-refractivity contribution is 6.31. The summed E-state index contributed by atoms with van der Waals surface area (Å²) in [5.41, 5.74) is 0.493. The predicted octanol–water partition coefficient (Wildman–Crippen LogP) is 3.67. The molecule has 7 heteroatoms. The van der Waals surface area contributed by atoms with Gasteiger partial charge in [0.1, 0.15) is 11.6 Å². The highest BCUT2D eigenvalue weighted by atomic mass is 35.5. The van der Waals surface area contributed by atoms with Gasteiger partial charge in [0.15, 0.2) is 0 Å². The van der Waals surface area contributed by atoms with E-state index in [0.717, 1.165) is 25.9 Å². The number of nitrogens with zero attached hydrogens (tertiary/aromatic N) is 3. The first-order valence-corrected chi connectivity index (χ1v) is 7.78. The maximum Gasteiger partial charge on any atom is 0.283 e. The van der Waals surface area contributed by atoms with Crippen LogP contribution in [0.15, 0.2) is 24.5 Å². The van der Waals surface area contributed by atoms with Crippen LogP contribution in [0.4, 0.5) is 4.39 Å². The van der Waals surface area contributed by atoms with Crippen molar-refractivity contribution < 1.29 is 13.9 Å². The number of halogens is 2. The van der Waals surface area contributed by atoms with Gasteiger partial charge in [-0.1, -0.05) is 11.6 Å². The van der Waals surface area contributed by atoms with Crippen molar-refractivity contribution in [2.75, 3.05) is 20.2 Å². The summed E-state index contributed by atoms with van der Waals surface area (Å²) >= 11 is 6.24. The second-order valence-corrected chi connectivity index (χ2v) is 5.73. The van der Waals surface area contributed by atoms with Crippen LogP contribution in [0.5, 0.6) is 17.5 Å². The van der Waals surface area contributed by atoms with Gasteiger partial charge in [0, 0.05) is 36.6 Å². The normalized spacial score (nSPS) is 14.9. The lowest BCUT2D eigenvalue weighted by molar-refractivity contribution is 0.324. The summed E-state index contributed by atoms with van der Waals surface area (Å²) in [6.07, 6.45) is 5.25. The molecule has 0 aliphatic carbocycles. The smallest absolute Gasteiger partial charge is 0.283 e. The first-order valence-electron chi connectivity index (χ1n) is 7.40. The third-order valence-electron chi connectivity index (χ3n) is 3.74. The summed E-state index contributed by atoms with van der Waals surface area (Å²) < 4.78 is 25.0. The Hall–Kier alpha value is -1.92. The molecule has 1 aliphatic heterocycles. The van der Waals surface area contributed by atoms with Crippen molar-refractivity contribution in [2.45, 2.75) is 19.4 Å². The van der Waals surface area contributed by atoms with Gasteiger partial charge in [-0.15, -0.1) is 0 Å². The molecule has 0 bridgehead atoms. The number of hydrogen-bond donors (Lipinski definition) is 0. The Morgan fingerprint density at radius 1 is 1.17 bits per heavy atom. The first-order chi connectivity index (χ1) is 11.2. The standard InChI is InChI=1S/C16H17ClFN3O2/c1-22-15-16(20-5-4-19-15)23-11-8-13(17)12(14(18)9-11)10-21-6-2-3-7-21/h4-5,8-9H,2-3,6-7,10H2,1H3. The molecule has 0 amide bonds. The van der Waals surface area contributed by atoms with E-state index in [1.165, 1.54) is 25.6 Å². The fraction of sp³-hybridized carbons (Fsp3) is 0.375. The average Bonchev–Trinajstić information content (AvgIpc) is 3.05. The summed E-state index contributed by atoms with van der Waals surface area (Å²) in [4.78, 5) is 10.2. The zero-order chi connectivity index (χ0) is 16.2. The molecule has 5 nitrogen and oxygen atoms in total. The second-order valence-electron chi connectivity index (χ2n) is 5.32. The minimum absolute atomic E-state index is 0.165. The van der Waals surface area contributed by atoms with Crippen LogP contribution in [0.1, 0.15) is 18.4 Å². The molecule has 1 saturated heterocycles. The molecule has 0 spiro atoms. The lowest BCUT2D eigenvalue weighted by Crippen LogP contribution is -2.19. The lowest BCUT2D eigenvalue weighted by atomic mass is 10.2. The van der Waals surface area contributed by atoms with Gasteiger partial charge < -0.3 is 9.47 Å². The molecule has 0 radical (unpaired) electrons. The Morgan fingerprint density at radius 2 is 1.87 bits per heavy atom. The van der Waals surface area contributed by atoms with Crippen molar-refractivity contribution in [1.82, 2.24) is 14.9 Å². The molecule has 0 saturated carbocycles. The van der Waals surface area contributed by atoms with Crippen LogP contribution >= 0.6 is 11.6 Å². The van der Waals surface area contributed by atoms with E-state index in [9.17, 15) is 4.39 Å². The Bertz CT molecular complexity index is 670. The van der Waals surface area contributed by atoms with E-state index in [-0.39, 0.29) is 23.3 Å². The largest absolute Gasteiger partial charge is 0.477 e. The van der Waals surface area contributed by atoms with Crippen LogP contribution in [0.3, 0.4) is 0 Å². The van der Waals surface area contributed by atoms with E-state index < -0.39 is 0 Å². The first kappa shape index (κ1) is 16.0. The highest BCUT2D eigenvalue weighted by Gasteiger charge is 2.18.